The maximum atomic E-state index is 13.0. The van der Waals surface area contributed by atoms with Crippen LogP contribution in [0.3, 0.4) is 0 Å². The van der Waals surface area contributed by atoms with Crippen LogP contribution in [0.2, 0.25) is 0 Å². The number of Topliss-reactive ketones (excluding diaryl/α,β-unsaturated/α-hetero) is 2. The Hall–Kier alpha value is -3.07. The van der Waals surface area contributed by atoms with Crippen LogP contribution in [0.25, 0.3) is 0 Å². The Kier molecular flexibility index (Phi) is 7.98. The van der Waals surface area contributed by atoms with Crippen LogP contribution in [0.1, 0.15) is 46.3 Å². The van der Waals surface area contributed by atoms with Gasteiger partial charge in [-0.25, -0.2) is 0 Å². The van der Waals surface area contributed by atoms with E-state index in [2.05, 4.69) is 41.1 Å². The maximum absolute atomic E-state index is 13.0. The summed E-state index contributed by atoms with van der Waals surface area (Å²) in [6.07, 6.45) is 0.676. The van der Waals surface area contributed by atoms with Crippen LogP contribution in [-0.2, 0) is 34.0 Å². The molecule has 37 heavy (non-hydrogen) atoms. The van der Waals surface area contributed by atoms with E-state index in [4.69, 9.17) is 9.47 Å². The Balaban J connectivity index is 1.15. The minimum absolute atomic E-state index is 0.0416. The van der Waals surface area contributed by atoms with Crippen LogP contribution in [-0.4, -0.2) is 84.7 Å². The molecule has 2 heterocycles. The molecule has 0 N–H and O–H groups in total. The van der Waals surface area contributed by atoms with Crippen LogP contribution in [0.15, 0.2) is 42.5 Å². The molecule has 0 radical (unpaired) electrons. The number of hydrogen-bond acceptors (Lipinski definition) is 7. The number of ether oxygens (including phenoxy) is 2. The largest absolute Gasteiger partial charge is 0.489 e. The first-order valence-corrected chi connectivity index (χ1v) is 13.1. The summed E-state index contributed by atoms with van der Waals surface area (Å²) < 4.78 is 11.6. The SMILES string of the molecule is CN(CCN1CCOCC1)Cc1ccc(COc2cccc3c2CN(C2CCC(=O)CC2=O)C3=O)cc1. The molecule has 1 amide bonds. The molecule has 5 rings (SSSR count). The van der Waals surface area contributed by atoms with Crippen LogP contribution in [0.4, 0.5) is 0 Å². The quantitative estimate of drug-likeness (QED) is 0.485. The minimum Gasteiger partial charge on any atom is -0.489 e. The zero-order chi connectivity index (χ0) is 25.8. The number of fused-ring (bicyclic) bond motifs is 1. The molecule has 8 nitrogen and oxygen atoms in total. The number of likely N-dealkylation sites (N-methyl/N-ethyl adjacent to an activating group) is 1. The first-order chi connectivity index (χ1) is 18.0. The van der Waals surface area contributed by atoms with Crippen molar-refractivity contribution in [3.05, 3.63) is 64.7 Å². The van der Waals surface area contributed by atoms with Crippen LogP contribution >= 0.6 is 0 Å². The molecule has 2 fully saturated rings. The lowest BCUT2D eigenvalue weighted by Crippen LogP contribution is -2.44. The van der Waals surface area contributed by atoms with Crippen molar-refractivity contribution in [1.29, 1.82) is 0 Å². The molecule has 196 valence electrons. The van der Waals surface area contributed by atoms with Crippen molar-refractivity contribution >= 4 is 17.5 Å². The Bertz CT molecular complexity index is 1140. The summed E-state index contributed by atoms with van der Waals surface area (Å²) in [4.78, 5) is 43.5. The van der Waals surface area contributed by atoms with E-state index in [0.717, 1.165) is 57.1 Å². The van der Waals surface area contributed by atoms with Crippen molar-refractivity contribution in [2.75, 3.05) is 46.4 Å². The number of rotatable bonds is 9. The predicted molar refractivity (Wildman–Crippen MR) is 138 cm³/mol. The molecule has 1 aliphatic carbocycles. The molecule has 1 unspecified atom stereocenters. The molecular formula is C29H35N3O5. The zero-order valence-corrected chi connectivity index (χ0v) is 21.5. The highest BCUT2D eigenvalue weighted by molar-refractivity contribution is 6.07. The van der Waals surface area contributed by atoms with Gasteiger partial charge in [0.05, 0.1) is 32.2 Å². The molecule has 0 bridgehead atoms. The van der Waals surface area contributed by atoms with Crippen molar-refractivity contribution in [1.82, 2.24) is 14.7 Å². The lowest BCUT2D eigenvalue weighted by atomic mass is 9.92. The van der Waals surface area contributed by atoms with Gasteiger partial charge in [-0.05, 0) is 36.7 Å². The van der Waals surface area contributed by atoms with Gasteiger partial charge in [0.1, 0.15) is 18.1 Å². The van der Waals surface area contributed by atoms with E-state index in [9.17, 15) is 14.4 Å². The summed E-state index contributed by atoms with van der Waals surface area (Å²) in [5.74, 6) is 0.307. The van der Waals surface area contributed by atoms with E-state index in [1.165, 1.54) is 5.56 Å². The van der Waals surface area contributed by atoms with Crippen LogP contribution < -0.4 is 4.74 Å². The van der Waals surface area contributed by atoms with Gasteiger partial charge in [0.2, 0.25) is 0 Å². The second-order valence-corrected chi connectivity index (χ2v) is 10.2. The first kappa shape index (κ1) is 25.6. The fourth-order valence-electron chi connectivity index (χ4n) is 5.33. The Labute approximate surface area is 218 Å². The Morgan fingerprint density at radius 2 is 1.78 bits per heavy atom. The van der Waals surface area contributed by atoms with E-state index in [0.29, 0.717) is 37.3 Å². The lowest BCUT2D eigenvalue weighted by Gasteiger charge is -2.29. The van der Waals surface area contributed by atoms with E-state index >= 15 is 0 Å². The molecule has 2 aromatic carbocycles. The standard InChI is InChI=1S/C29H35N3O5/c1-30(11-12-31-13-15-36-16-14-31)18-21-5-7-22(8-6-21)20-37-28-4-2-3-24-25(28)19-32(29(24)35)26-10-9-23(33)17-27(26)34/h2-8,26H,9-20H2,1H3. The van der Waals surface area contributed by atoms with E-state index < -0.39 is 6.04 Å². The number of ketones is 2. The second-order valence-electron chi connectivity index (χ2n) is 10.2. The Morgan fingerprint density at radius 1 is 1.03 bits per heavy atom. The molecule has 1 saturated carbocycles. The van der Waals surface area contributed by atoms with E-state index in [-0.39, 0.29) is 23.9 Å². The van der Waals surface area contributed by atoms with Crippen molar-refractivity contribution in [2.24, 2.45) is 0 Å². The number of morpholine rings is 1. The highest BCUT2D eigenvalue weighted by Crippen LogP contribution is 2.34. The van der Waals surface area contributed by atoms with Gasteiger partial charge in [-0.1, -0.05) is 30.3 Å². The third-order valence-electron chi connectivity index (χ3n) is 7.54. The lowest BCUT2D eigenvalue weighted by molar-refractivity contribution is -0.133. The zero-order valence-electron chi connectivity index (χ0n) is 21.5. The highest BCUT2D eigenvalue weighted by Gasteiger charge is 2.39. The van der Waals surface area contributed by atoms with Crippen molar-refractivity contribution in [3.8, 4) is 5.75 Å². The topological polar surface area (TPSA) is 79.4 Å². The maximum Gasteiger partial charge on any atom is 0.255 e. The molecule has 8 heteroatoms. The van der Waals surface area contributed by atoms with Crippen LogP contribution in [0, 0.1) is 0 Å². The predicted octanol–water partition coefficient (Wildman–Crippen LogP) is 2.68. The number of nitrogens with zero attached hydrogens (tertiary/aromatic N) is 3. The highest BCUT2D eigenvalue weighted by atomic mass is 16.5. The molecule has 1 saturated heterocycles. The molecule has 0 aromatic heterocycles. The summed E-state index contributed by atoms with van der Waals surface area (Å²) in [5.41, 5.74) is 3.71. The van der Waals surface area contributed by atoms with Gasteiger partial charge < -0.3 is 19.3 Å². The van der Waals surface area contributed by atoms with Gasteiger partial charge in [0.15, 0.2) is 5.78 Å². The molecule has 3 aliphatic rings. The number of benzene rings is 2. The summed E-state index contributed by atoms with van der Waals surface area (Å²) >= 11 is 0. The normalized spacial score (nSPS) is 20.5. The van der Waals surface area contributed by atoms with Crippen molar-refractivity contribution < 1.29 is 23.9 Å². The molecular weight excluding hydrogens is 470 g/mol. The summed E-state index contributed by atoms with van der Waals surface area (Å²) in [6, 6.07) is 13.4. The number of amides is 1. The van der Waals surface area contributed by atoms with Crippen molar-refractivity contribution in [3.63, 3.8) is 0 Å². The number of hydrogen-bond donors (Lipinski definition) is 0. The van der Waals surface area contributed by atoms with Crippen LogP contribution in [0.5, 0.6) is 5.75 Å². The van der Waals surface area contributed by atoms with Gasteiger partial charge in [0.25, 0.3) is 5.91 Å². The Morgan fingerprint density at radius 3 is 2.54 bits per heavy atom. The molecule has 2 aromatic rings. The molecule has 1 atom stereocenters. The molecule has 2 aliphatic heterocycles. The average Bonchev–Trinajstić information content (AvgIpc) is 3.24. The fraction of sp³-hybridized carbons (Fsp3) is 0.483. The van der Waals surface area contributed by atoms with Gasteiger partial charge in [-0.2, -0.15) is 0 Å². The van der Waals surface area contributed by atoms with Gasteiger partial charge in [0, 0.05) is 50.3 Å². The number of carbonyl (C=O) groups excluding carboxylic acids is 3. The van der Waals surface area contributed by atoms with Gasteiger partial charge in [-0.15, -0.1) is 0 Å². The average molecular weight is 506 g/mol. The smallest absolute Gasteiger partial charge is 0.255 e. The van der Waals surface area contributed by atoms with E-state index in [1.807, 2.05) is 12.1 Å². The number of carbonyl (C=O) groups is 3. The van der Waals surface area contributed by atoms with Gasteiger partial charge in [-0.3, -0.25) is 19.3 Å². The minimum atomic E-state index is -0.523. The molecule has 0 spiro atoms. The second kappa shape index (κ2) is 11.5. The summed E-state index contributed by atoms with van der Waals surface area (Å²) in [6.45, 7) is 7.38. The first-order valence-electron chi connectivity index (χ1n) is 13.1. The third-order valence-corrected chi connectivity index (χ3v) is 7.54. The fourth-order valence-corrected chi connectivity index (χ4v) is 5.33. The van der Waals surface area contributed by atoms with Crippen molar-refractivity contribution in [2.45, 2.75) is 45.0 Å². The van der Waals surface area contributed by atoms with Gasteiger partial charge >= 0.3 is 0 Å². The monoisotopic (exact) mass is 505 g/mol. The third kappa shape index (κ3) is 6.09. The van der Waals surface area contributed by atoms with E-state index in [1.54, 1.807) is 11.0 Å². The summed E-state index contributed by atoms with van der Waals surface area (Å²) in [5, 5.41) is 0. The summed E-state index contributed by atoms with van der Waals surface area (Å²) in [7, 11) is 2.15.